The van der Waals surface area contributed by atoms with Gasteiger partial charge in [0.05, 0.1) is 6.61 Å². The maximum Gasteiger partial charge on any atom is 0.305 e. The quantitative estimate of drug-likeness (QED) is 0.489. The van der Waals surface area contributed by atoms with Crippen molar-refractivity contribution in [3.05, 3.63) is 12.2 Å². The van der Waals surface area contributed by atoms with Crippen molar-refractivity contribution in [2.75, 3.05) is 19.8 Å². The topological polar surface area (TPSA) is 35.5 Å². The SMILES string of the molecule is O=C1CCCC/C=C\CCCCOCCCCO1. The van der Waals surface area contributed by atoms with E-state index < -0.39 is 0 Å². The third-order valence-electron chi connectivity index (χ3n) is 3.02. The molecule has 0 bridgehead atoms. The van der Waals surface area contributed by atoms with Crippen molar-refractivity contribution in [1.29, 1.82) is 0 Å². The summed E-state index contributed by atoms with van der Waals surface area (Å²) < 4.78 is 10.7. The third-order valence-corrected chi connectivity index (χ3v) is 3.02. The van der Waals surface area contributed by atoms with Crippen LogP contribution in [0.15, 0.2) is 12.2 Å². The lowest BCUT2D eigenvalue weighted by molar-refractivity contribution is -0.143. The Morgan fingerprint density at radius 3 is 2.17 bits per heavy atom. The fraction of sp³-hybridized carbons (Fsp3) is 0.800. The first-order chi connectivity index (χ1) is 8.89. The molecule has 104 valence electrons. The van der Waals surface area contributed by atoms with Crippen molar-refractivity contribution in [3.63, 3.8) is 0 Å². The zero-order valence-corrected chi connectivity index (χ0v) is 11.4. The van der Waals surface area contributed by atoms with E-state index in [9.17, 15) is 4.79 Å². The molecule has 0 aromatic carbocycles. The Labute approximate surface area is 111 Å². The standard InChI is InChI=1S/C15H26O3/c16-15-11-7-5-3-1-2-4-6-8-12-17-13-9-10-14-18-15/h1-2H,3-14H2/b2-1-. The molecule has 1 rings (SSSR count). The summed E-state index contributed by atoms with van der Waals surface area (Å²) in [5, 5.41) is 0. The molecular weight excluding hydrogens is 228 g/mol. The number of ether oxygens (including phenoxy) is 2. The van der Waals surface area contributed by atoms with Gasteiger partial charge in [-0.25, -0.2) is 0 Å². The molecule has 3 heteroatoms. The molecule has 0 saturated heterocycles. The van der Waals surface area contributed by atoms with E-state index in [0.29, 0.717) is 13.0 Å². The predicted molar refractivity (Wildman–Crippen MR) is 72.5 cm³/mol. The summed E-state index contributed by atoms with van der Waals surface area (Å²) in [5.74, 6) is -0.0517. The molecule has 1 heterocycles. The maximum absolute atomic E-state index is 11.4. The van der Waals surface area contributed by atoms with Crippen molar-refractivity contribution in [2.24, 2.45) is 0 Å². The second-order valence-corrected chi connectivity index (χ2v) is 4.75. The Kier molecular flexibility index (Phi) is 9.54. The van der Waals surface area contributed by atoms with E-state index in [2.05, 4.69) is 12.2 Å². The van der Waals surface area contributed by atoms with E-state index in [0.717, 1.165) is 58.2 Å². The molecule has 0 fully saturated rings. The highest BCUT2D eigenvalue weighted by Crippen LogP contribution is 2.05. The van der Waals surface area contributed by atoms with Crippen LogP contribution < -0.4 is 0 Å². The van der Waals surface area contributed by atoms with Crippen LogP contribution in [0.25, 0.3) is 0 Å². The number of esters is 1. The molecular formula is C15H26O3. The monoisotopic (exact) mass is 254 g/mol. The first-order valence-corrected chi connectivity index (χ1v) is 7.28. The van der Waals surface area contributed by atoms with Crippen molar-refractivity contribution < 1.29 is 14.3 Å². The summed E-state index contributed by atoms with van der Waals surface area (Å²) >= 11 is 0. The average Bonchev–Trinajstić information content (AvgIpc) is 2.37. The Bertz CT molecular complexity index is 236. The van der Waals surface area contributed by atoms with Crippen LogP contribution >= 0.6 is 0 Å². The number of hydrogen-bond donors (Lipinski definition) is 0. The zero-order valence-electron chi connectivity index (χ0n) is 11.4. The molecule has 0 aromatic rings. The minimum Gasteiger partial charge on any atom is -0.466 e. The molecule has 0 aromatic heterocycles. The third kappa shape index (κ3) is 9.23. The van der Waals surface area contributed by atoms with Gasteiger partial charge in [-0.15, -0.1) is 0 Å². The zero-order chi connectivity index (χ0) is 12.9. The highest BCUT2D eigenvalue weighted by atomic mass is 16.5. The molecule has 0 N–H and O–H groups in total. The molecule has 3 nitrogen and oxygen atoms in total. The van der Waals surface area contributed by atoms with Crippen LogP contribution in [0.1, 0.15) is 57.8 Å². The predicted octanol–water partition coefficient (Wildman–Crippen LogP) is 3.63. The molecule has 18 heavy (non-hydrogen) atoms. The van der Waals surface area contributed by atoms with E-state index in [-0.39, 0.29) is 5.97 Å². The first kappa shape index (κ1) is 15.2. The average molecular weight is 254 g/mol. The molecule has 0 saturated carbocycles. The lowest BCUT2D eigenvalue weighted by Crippen LogP contribution is -2.06. The van der Waals surface area contributed by atoms with Gasteiger partial charge in [-0.2, -0.15) is 0 Å². The minimum absolute atomic E-state index is 0.0517. The van der Waals surface area contributed by atoms with Crippen LogP contribution in [0.5, 0.6) is 0 Å². The van der Waals surface area contributed by atoms with Gasteiger partial charge in [0.2, 0.25) is 0 Å². The summed E-state index contributed by atoms with van der Waals surface area (Å²) in [7, 11) is 0. The Morgan fingerprint density at radius 1 is 0.778 bits per heavy atom. The van der Waals surface area contributed by atoms with Crippen molar-refractivity contribution in [3.8, 4) is 0 Å². The van der Waals surface area contributed by atoms with Crippen molar-refractivity contribution in [2.45, 2.75) is 57.8 Å². The second-order valence-electron chi connectivity index (χ2n) is 4.75. The van der Waals surface area contributed by atoms with Crippen LogP contribution in [0, 0.1) is 0 Å². The van der Waals surface area contributed by atoms with Gasteiger partial charge in [0, 0.05) is 19.6 Å². The number of cyclic esters (lactones) is 1. The fourth-order valence-corrected chi connectivity index (χ4v) is 1.90. The van der Waals surface area contributed by atoms with Crippen LogP contribution in [0.4, 0.5) is 0 Å². The molecule has 0 atom stereocenters. The van der Waals surface area contributed by atoms with E-state index in [1.54, 1.807) is 0 Å². The summed E-state index contributed by atoms with van der Waals surface area (Å²) in [6.07, 6.45) is 13.5. The molecule has 0 aliphatic carbocycles. The van der Waals surface area contributed by atoms with Crippen LogP contribution in [0.2, 0.25) is 0 Å². The van der Waals surface area contributed by atoms with Gasteiger partial charge < -0.3 is 9.47 Å². The molecule has 0 spiro atoms. The van der Waals surface area contributed by atoms with Gasteiger partial charge >= 0.3 is 5.97 Å². The van der Waals surface area contributed by atoms with Crippen molar-refractivity contribution in [1.82, 2.24) is 0 Å². The smallest absolute Gasteiger partial charge is 0.305 e. The lowest BCUT2D eigenvalue weighted by atomic mass is 10.1. The number of hydrogen-bond acceptors (Lipinski definition) is 3. The Balaban J connectivity index is 2.17. The first-order valence-electron chi connectivity index (χ1n) is 7.28. The molecule has 0 radical (unpaired) electrons. The fourth-order valence-electron chi connectivity index (χ4n) is 1.90. The van der Waals surface area contributed by atoms with Crippen molar-refractivity contribution >= 4 is 5.97 Å². The normalized spacial score (nSPS) is 23.9. The summed E-state index contributed by atoms with van der Waals surface area (Å²) in [4.78, 5) is 11.4. The Morgan fingerprint density at radius 2 is 1.39 bits per heavy atom. The minimum atomic E-state index is -0.0517. The van der Waals surface area contributed by atoms with Gasteiger partial charge in [0.25, 0.3) is 0 Å². The summed E-state index contributed by atoms with van der Waals surface area (Å²) in [6.45, 7) is 2.18. The van der Waals surface area contributed by atoms with E-state index >= 15 is 0 Å². The van der Waals surface area contributed by atoms with Gasteiger partial charge in [0.15, 0.2) is 0 Å². The van der Waals surface area contributed by atoms with Gasteiger partial charge in [0.1, 0.15) is 0 Å². The van der Waals surface area contributed by atoms with E-state index in [4.69, 9.17) is 9.47 Å². The van der Waals surface area contributed by atoms with Crippen LogP contribution in [-0.4, -0.2) is 25.8 Å². The molecule has 0 amide bonds. The van der Waals surface area contributed by atoms with Gasteiger partial charge in [-0.05, 0) is 51.4 Å². The number of allylic oxidation sites excluding steroid dienone is 2. The van der Waals surface area contributed by atoms with Gasteiger partial charge in [-0.3, -0.25) is 4.79 Å². The highest BCUT2D eigenvalue weighted by molar-refractivity contribution is 5.69. The summed E-state index contributed by atoms with van der Waals surface area (Å²) in [6, 6.07) is 0. The second kappa shape index (κ2) is 11.3. The van der Waals surface area contributed by atoms with Gasteiger partial charge in [-0.1, -0.05) is 12.2 Å². The van der Waals surface area contributed by atoms with E-state index in [1.807, 2.05) is 0 Å². The molecule has 1 aliphatic heterocycles. The largest absolute Gasteiger partial charge is 0.466 e. The Hall–Kier alpha value is -0.830. The number of carbonyl (C=O) groups is 1. The molecule has 0 unspecified atom stereocenters. The van der Waals surface area contributed by atoms with Crippen LogP contribution in [-0.2, 0) is 14.3 Å². The lowest BCUT2D eigenvalue weighted by Gasteiger charge is -2.05. The number of carbonyl (C=O) groups excluding carboxylic acids is 1. The highest BCUT2D eigenvalue weighted by Gasteiger charge is 2.02. The number of rotatable bonds is 0. The molecule has 1 aliphatic rings. The summed E-state index contributed by atoms with van der Waals surface area (Å²) in [5.41, 5.74) is 0. The van der Waals surface area contributed by atoms with Crippen LogP contribution in [0.3, 0.4) is 0 Å². The maximum atomic E-state index is 11.4. The van der Waals surface area contributed by atoms with E-state index in [1.165, 1.54) is 6.42 Å².